The molecule has 0 spiro atoms. The van der Waals surface area contributed by atoms with Crippen LogP contribution in [0.2, 0.25) is 0 Å². The van der Waals surface area contributed by atoms with Crippen LogP contribution in [0.3, 0.4) is 0 Å². The highest BCUT2D eigenvalue weighted by Gasteiger charge is 2.09. The quantitative estimate of drug-likeness (QED) is 0.427. The van der Waals surface area contributed by atoms with Crippen molar-refractivity contribution in [3.05, 3.63) is 94.4 Å². The van der Waals surface area contributed by atoms with E-state index >= 15 is 0 Å². The van der Waals surface area contributed by atoms with Gasteiger partial charge in [-0.05, 0) is 54.5 Å². The van der Waals surface area contributed by atoms with E-state index in [4.69, 9.17) is 0 Å². The molecule has 4 rings (SSSR count). The van der Waals surface area contributed by atoms with Gasteiger partial charge in [-0.25, -0.2) is 4.79 Å². The first-order valence-electron chi connectivity index (χ1n) is 10.3. The summed E-state index contributed by atoms with van der Waals surface area (Å²) in [6.45, 7) is 3.84. The monoisotopic (exact) mass is 436 g/mol. The van der Waals surface area contributed by atoms with Crippen LogP contribution >= 0.6 is 12.4 Å². The third-order valence-corrected chi connectivity index (χ3v) is 5.29. The second-order valence-electron chi connectivity index (χ2n) is 8.04. The van der Waals surface area contributed by atoms with Crippen molar-refractivity contribution in [3.63, 3.8) is 0 Å². The number of imidazole rings is 1. The lowest BCUT2D eigenvalue weighted by Gasteiger charge is -2.24. The first-order chi connectivity index (χ1) is 14.6. The van der Waals surface area contributed by atoms with Crippen LogP contribution < -0.4 is 5.69 Å². The van der Waals surface area contributed by atoms with Gasteiger partial charge in [-0.3, -0.25) is 4.90 Å². The van der Waals surface area contributed by atoms with Crippen molar-refractivity contribution in [1.82, 2.24) is 19.8 Å². The number of likely N-dealkylation sites (N-methyl/N-ethyl adjacent to an activating group) is 1. The highest BCUT2D eigenvalue weighted by molar-refractivity contribution is 5.85. The molecule has 0 aliphatic heterocycles. The maximum Gasteiger partial charge on any atom is 0.323 e. The lowest BCUT2D eigenvalue weighted by Crippen LogP contribution is -2.31. The minimum Gasteiger partial charge on any atom is -0.308 e. The smallest absolute Gasteiger partial charge is 0.308 e. The molecule has 3 aromatic carbocycles. The van der Waals surface area contributed by atoms with Gasteiger partial charge in [-0.1, -0.05) is 54.6 Å². The van der Waals surface area contributed by atoms with Crippen molar-refractivity contribution < 1.29 is 0 Å². The number of nitrogens with one attached hydrogen (secondary N) is 2. The van der Waals surface area contributed by atoms with Crippen LogP contribution in [0.1, 0.15) is 11.1 Å². The normalized spacial score (nSPS) is 11.2. The number of fused-ring (bicyclic) bond motifs is 1. The van der Waals surface area contributed by atoms with Gasteiger partial charge >= 0.3 is 5.69 Å². The van der Waals surface area contributed by atoms with Gasteiger partial charge in [0.2, 0.25) is 0 Å². The molecule has 6 heteroatoms. The van der Waals surface area contributed by atoms with Crippen molar-refractivity contribution in [2.75, 3.05) is 27.2 Å². The third-order valence-electron chi connectivity index (χ3n) is 5.29. The molecule has 1 heterocycles. The van der Waals surface area contributed by atoms with Gasteiger partial charge in [0.1, 0.15) is 0 Å². The Balaban J connectivity index is 0.00000272. The SMILES string of the molecule is CN(C)CCN(Cc1ccccc1)Cc1cccc(-c2ccc3[nH]c(=O)[nH]c3c2)c1.Cl. The molecule has 0 saturated carbocycles. The first kappa shape index (κ1) is 22.8. The molecular formula is C25H29ClN4O. The third kappa shape index (κ3) is 6.07. The van der Waals surface area contributed by atoms with Crippen LogP contribution in [0.25, 0.3) is 22.2 Å². The zero-order valence-corrected chi connectivity index (χ0v) is 18.8. The van der Waals surface area contributed by atoms with E-state index in [1.807, 2.05) is 12.1 Å². The summed E-state index contributed by atoms with van der Waals surface area (Å²) in [6.07, 6.45) is 0. The molecule has 0 bridgehead atoms. The van der Waals surface area contributed by atoms with E-state index in [0.717, 1.165) is 48.3 Å². The number of nitrogens with zero attached hydrogens (tertiary/aromatic N) is 2. The molecule has 162 valence electrons. The van der Waals surface area contributed by atoms with Crippen molar-refractivity contribution in [2.24, 2.45) is 0 Å². The zero-order valence-electron chi connectivity index (χ0n) is 18.0. The second-order valence-corrected chi connectivity index (χ2v) is 8.04. The van der Waals surface area contributed by atoms with Crippen molar-refractivity contribution in [1.29, 1.82) is 0 Å². The number of aromatic nitrogens is 2. The topological polar surface area (TPSA) is 55.1 Å². The van der Waals surface area contributed by atoms with E-state index in [1.165, 1.54) is 11.1 Å². The van der Waals surface area contributed by atoms with Gasteiger partial charge in [0.25, 0.3) is 0 Å². The van der Waals surface area contributed by atoms with Crippen LogP contribution in [0, 0.1) is 0 Å². The molecule has 0 saturated heterocycles. The Kier molecular flexibility index (Phi) is 7.69. The molecule has 4 aromatic rings. The standard InChI is InChI=1S/C25H28N4O.ClH/c1-28(2)13-14-29(17-19-7-4-3-5-8-19)18-20-9-6-10-21(15-20)22-11-12-23-24(16-22)27-25(30)26-23;/h3-12,15-16H,13-14,17-18H2,1-2H3,(H2,26,27,30);1H. The molecular weight excluding hydrogens is 408 g/mol. The van der Waals surface area contributed by atoms with E-state index in [2.05, 4.69) is 94.5 Å². The number of aromatic amines is 2. The van der Waals surface area contributed by atoms with Crippen LogP contribution in [0.5, 0.6) is 0 Å². The van der Waals surface area contributed by atoms with Crippen LogP contribution in [0.4, 0.5) is 0 Å². The van der Waals surface area contributed by atoms with Crippen molar-refractivity contribution in [2.45, 2.75) is 13.1 Å². The summed E-state index contributed by atoms with van der Waals surface area (Å²) in [5, 5.41) is 0. The van der Waals surface area contributed by atoms with E-state index in [0.29, 0.717) is 0 Å². The number of halogens is 1. The molecule has 0 unspecified atom stereocenters. The Morgan fingerprint density at radius 3 is 2.16 bits per heavy atom. The number of rotatable bonds is 8. The number of benzene rings is 3. The maximum absolute atomic E-state index is 11.6. The van der Waals surface area contributed by atoms with E-state index < -0.39 is 0 Å². The van der Waals surface area contributed by atoms with E-state index in [-0.39, 0.29) is 18.1 Å². The lowest BCUT2D eigenvalue weighted by atomic mass is 10.0. The Labute approximate surface area is 189 Å². The zero-order chi connectivity index (χ0) is 20.9. The summed E-state index contributed by atoms with van der Waals surface area (Å²) in [4.78, 5) is 21.9. The number of hydrogen-bond acceptors (Lipinski definition) is 3. The van der Waals surface area contributed by atoms with E-state index in [1.54, 1.807) is 0 Å². The Hall–Kier alpha value is -2.86. The molecule has 31 heavy (non-hydrogen) atoms. The summed E-state index contributed by atoms with van der Waals surface area (Å²) in [6, 6.07) is 25.3. The molecule has 0 atom stereocenters. The van der Waals surface area contributed by atoms with Crippen LogP contribution in [-0.4, -0.2) is 47.0 Å². The average Bonchev–Trinajstić information content (AvgIpc) is 3.12. The predicted octanol–water partition coefficient (Wildman–Crippen LogP) is 4.51. The van der Waals surface area contributed by atoms with Gasteiger partial charge < -0.3 is 14.9 Å². The highest BCUT2D eigenvalue weighted by Crippen LogP contribution is 2.24. The first-order valence-corrected chi connectivity index (χ1v) is 10.3. The van der Waals surface area contributed by atoms with Gasteiger partial charge in [0, 0.05) is 26.2 Å². The Morgan fingerprint density at radius 2 is 1.39 bits per heavy atom. The highest BCUT2D eigenvalue weighted by atomic mass is 35.5. The molecule has 0 aliphatic carbocycles. The second kappa shape index (κ2) is 10.4. The molecule has 1 aromatic heterocycles. The maximum atomic E-state index is 11.6. The number of hydrogen-bond donors (Lipinski definition) is 2. The van der Waals surface area contributed by atoms with Gasteiger partial charge in [-0.2, -0.15) is 0 Å². The summed E-state index contributed by atoms with van der Waals surface area (Å²) in [5.41, 5.74) is 6.36. The largest absolute Gasteiger partial charge is 0.323 e. The molecule has 5 nitrogen and oxygen atoms in total. The summed E-state index contributed by atoms with van der Waals surface area (Å²) in [5.74, 6) is 0. The fourth-order valence-electron chi connectivity index (χ4n) is 3.72. The average molecular weight is 437 g/mol. The Morgan fingerprint density at radius 1 is 0.710 bits per heavy atom. The molecule has 0 amide bonds. The van der Waals surface area contributed by atoms with Gasteiger partial charge in [-0.15, -0.1) is 12.4 Å². The van der Waals surface area contributed by atoms with Crippen LogP contribution in [-0.2, 0) is 13.1 Å². The van der Waals surface area contributed by atoms with Crippen molar-refractivity contribution >= 4 is 23.4 Å². The Bertz CT molecular complexity index is 1170. The fourth-order valence-corrected chi connectivity index (χ4v) is 3.72. The fraction of sp³-hybridized carbons (Fsp3) is 0.240. The molecule has 2 N–H and O–H groups in total. The molecule has 0 fully saturated rings. The molecule has 0 radical (unpaired) electrons. The van der Waals surface area contributed by atoms with Gasteiger partial charge in [0.05, 0.1) is 11.0 Å². The summed E-state index contributed by atoms with van der Waals surface area (Å²) in [7, 11) is 4.23. The van der Waals surface area contributed by atoms with E-state index in [9.17, 15) is 4.79 Å². The molecule has 0 aliphatic rings. The van der Waals surface area contributed by atoms with Crippen molar-refractivity contribution in [3.8, 4) is 11.1 Å². The lowest BCUT2D eigenvalue weighted by molar-refractivity contribution is 0.226. The van der Waals surface area contributed by atoms with Gasteiger partial charge in [0.15, 0.2) is 0 Å². The van der Waals surface area contributed by atoms with Crippen LogP contribution in [0.15, 0.2) is 77.6 Å². The summed E-state index contributed by atoms with van der Waals surface area (Å²) < 4.78 is 0. The minimum atomic E-state index is -0.173. The minimum absolute atomic E-state index is 0. The summed E-state index contributed by atoms with van der Waals surface area (Å²) >= 11 is 0. The predicted molar refractivity (Wildman–Crippen MR) is 131 cm³/mol. The number of H-pyrrole nitrogens is 2.